The molecule has 0 atom stereocenters. The van der Waals surface area contributed by atoms with Gasteiger partial charge in [-0.15, -0.1) is 0 Å². The largest absolute Gasteiger partial charge is 0.507 e. The van der Waals surface area contributed by atoms with Crippen LogP contribution < -0.4 is 4.74 Å². The molecule has 0 aromatic heterocycles. The summed E-state index contributed by atoms with van der Waals surface area (Å²) in [6.07, 6.45) is 1.91. The standard InChI is InChI=1S/C11H15IO2/c1-4-5-8-10(12)9(14-3)6-7(2)11(8)13/h6,13H,4-5H2,1-3H3. The topological polar surface area (TPSA) is 29.5 Å². The summed E-state index contributed by atoms with van der Waals surface area (Å²) in [7, 11) is 1.66. The fourth-order valence-electron chi connectivity index (χ4n) is 1.45. The van der Waals surface area contributed by atoms with E-state index in [0.717, 1.165) is 33.3 Å². The van der Waals surface area contributed by atoms with Crippen molar-refractivity contribution in [2.45, 2.75) is 26.7 Å². The third-order valence-corrected chi connectivity index (χ3v) is 3.39. The molecule has 1 aromatic rings. The Labute approximate surface area is 98.4 Å². The Bertz CT molecular complexity index is 335. The van der Waals surface area contributed by atoms with Crippen molar-refractivity contribution in [1.82, 2.24) is 0 Å². The number of aryl methyl sites for hydroxylation is 1. The summed E-state index contributed by atoms with van der Waals surface area (Å²) < 4.78 is 6.27. The lowest BCUT2D eigenvalue weighted by Gasteiger charge is -2.12. The first-order chi connectivity index (χ1) is 6.61. The van der Waals surface area contributed by atoms with Gasteiger partial charge in [0.15, 0.2) is 0 Å². The monoisotopic (exact) mass is 306 g/mol. The van der Waals surface area contributed by atoms with Crippen molar-refractivity contribution in [2.75, 3.05) is 7.11 Å². The summed E-state index contributed by atoms with van der Waals surface area (Å²) in [5.41, 5.74) is 1.88. The Hall–Kier alpha value is -0.450. The van der Waals surface area contributed by atoms with Gasteiger partial charge in [0.05, 0.1) is 10.7 Å². The van der Waals surface area contributed by atoms with Gasteiger partial charge in [-0.3, -0.25) is 0 Å². The number of phenolic OH excluding ortho intramolecular Hbond substituents is 1. The van der Waals surface area contributed by atoms with Gasteiger partial charge < -0.3 is 9.84 Å². The maximum atomic E-state index is 9.87. The summed E-state index contributed by atoms with van der Waals surface area (Å²) in [5, 5.41) is 9.87. The second-order valence-electron chi connectivity index (χ2n) is 3.29. The van der Waals surface area contributed by atoms with Crippen LogP contribution in [0.4, 0.5) is 0 Å². The van der Waals surface area contributed by atoms with Gasteiger partial charge in [0.1, 0.15) is 11.5 Å². The van der Waals surface area contributed by atoms with Crippen LogP contribution in [-0.2, 0) is 6.42 Å². The van der Waals surface area contributed by atoms with Crippen molar-refractivity contribution < 1.29 is 9.84 Å². The first-order valence-electron chi connectivity index (χ1n) is 4.66. The lowest BCUT2D eigenvalue weighted by atomic mass is 10.1. The summed E-state index contributed by atoms with van der Waals surface area (Å²) in [6, 6.07) is 1.87. The number of hydrogen-bond donors (Lipinski definition) is 1. The minimum absolute atomic E-state index is 0.414. The number of aromatic hydroxyl groups is 1. The molecule has 0 unspecified atom stereocenters. The molecule has 0 bridgehead atoms. The normalized spacial score (nSPS) is 10.3. The van der Waals surface area contributed by atoms with Gasteiger partial charge in [-0.1, -0.05) is 13.3 Å². The predicted molar refractivity (Wildman–Crippen MR) is 66.1 cm³/mol. The molecular weight excluding hydrogens is 291 g/mol. The summed E-state index contributed by atoms with van der Waals surface area (Å²) >= 11 is 2.22. The van der Waals surface area contributed by atoms with Crippen molar-refractivity contribution >= 4 is 22.6 Å². The van der Waals surface area contributed by atoms with Crippen LogP contribution in [0.2, 0.25) is 0 Å². The van der Waals surface area contributed by atoms with Gasteiger partial charge in [-0.05, 0) is 47.6 Å². The summed E-state index contributed by atoms with van der Waals surface area (Å²) in [6.45, 7) is 4.00. The van der Waals surface area contributed by atoms with E-state index in [-0.39, 0.29) is 0 Å². The zero-order valence-corrected chi connectivity index (χ0v) is 10.9. The van der Waals surface area contributed by atoms with Crippen molar-refractivity contribution in [2.24, 2.45) is 0 Å². The second-order valence-corrected chi connectivity index (χ2v) is 4.37. The van der Waals surface area contributed by atoms with E-state index in [9.17, 15) is 5.11 Å². The van der Waals surface area contributed by atoms with E-state index in [1.165, 1.54) is 0 Å². The highest BCUT2D eigenvalue weighted by Crippen LogP contribution is 2.34. The highest BCUT2D eigenvalue weighted by Gasteiger charge is 2.13. The molecule has 0 spiro atoms. The van der Waals surface area contributed by atoms with Crippen LogP contribution in [0.15, 0.2) is 6.07 Å². The summed E-state index contributed by atoms with van der Waals surface area (Å²) in [5.74, 6) is 1.27. The van der Waals surface area contributed by atoms with Gasteiger partial charge in [-0.2, -0.15) is 0 Å². The van der Waals surface area contributed by atoms with Crippen LogP contribution in [0.5, 0.6) is 11.5 Å². The first-order valence-corrected chi connectivity index (χ1v) is 5.74. The van der Waals surface area contributed by atoms with Crippen LogP contribution in [0.1, 0.15) is 24.5 Å². The first kappa shape index (κ1) is 11.6. The third kappa shape index (κ3) is 2.13. The van der Waals surface area contributed by atoms with Gasteiger partial charge >= 0.3 is 0 Å². The Morgan fingerprint density at radius 1 is 1.50 bits per heavy atom. The molecule has 3 heteroatoms. The van der Waals surface area contributed by atoms with Crippen molar-refractivity contribution in [3.05, 3.63) is 20.8 Å². The Balaban J connectivity index is 3.29. The molecule has 0 saturated heterocycles. The second kappa shape index (κ2) is 4.87. The van der Waals surface area contributed by atoms with Crippen molar-refractivity contribution in [3.8, 4) is 11.5 Å². The molecule has 0 aliphatic heterocycles. The number of halogens is 1. The number of ether oxygens (including phenoxy) is 1. The molecule has 0 fully saturated rings. The highest BCUT2D eigenvalue weighted by molar-refractivity contribution is 14.1. The molecule has 1 N–H and O–H groups in total. The average Bonchev–Trinajstić information content (AvgIpc) is 2.18. The van der Waals surface area contributed by atoms with Crippen LogP contribution in [-0.4, -0.2) is 12.2 Å². The number of benzene rings is 1. The molecule has 2 nitrogen and oxygen atoms in total. The maximum absolute atomic E-state index is 9.87. The molecule has 0 amide bonds. The maximum Gasteiger partial charge on any atom is 0.132 e. The molecule has 78 valence electrons. The predicted octanol–water partition coefficient (Wildman–Crippen LogP) is 3.27. The number of methoxy groups -OCH3 is 1. The van der Waals surface area contributed by atoms with E-state index in [1.807, 2.05) is 13.0 Å². The Morgan fingerprint density at radius 2 is 2.14 bits per heavy atom. The minimum Gasteiger partial charge on any atom is -0.507 e. The zero-order valence-electron chi connectivity index (χ0n) is 8.72. The van der Waals surface area contributed by atoms with Gasteiger partial charge in [0.25, 0.3) is 0 Å². The Kier molecular flexibility index (Phi) is 4.04. The lowest BCUT2D eigenvalue weighted by Crippen LogP contribution is -1.96. The van der Waals surface area contributed by atoms with E-state index in [4.69, 9.17) is 4.74 Å². The van der Waals surface area contributed by atoms with E-state index < -0.39 is 0 Å². The fraction of sp³-hybridized carbons (Fsp3) is 0.455. The summed E-state index contributed by atoms with van der Waals surface area (Å²) in [4.78, 5) is 0. The third-order valence-electron chi connectivity index (χ3n) is 2.21. The van der Waals surface area contributed by atoms with Crippen LogP contribution in [0.25, 0.3) is 0 Å². The molecule has 1 aromatic carbocycles. The SMILES string of the molecule is CCCc1c(O)c(C)cc(OC)c1I. The van der Waals surface area contributed by atoms with E-state index in [2.05, 4.69) is 29.5 Å². The number of phenols is 1. The number of hydrogen-bond acceptors (Lipinski definition) is 2. The van der Waals surface area contributed by atoms with E-state index >= 15 is 0 Å². The van der Waals surface area contributed by atoms with Crippen molar-refractivity contribution in [3.63, 3.8) is 0 Å². The smallest absolute Gasteiger partial charge is 0.132 e. The van der Waals surface area contributed by atoms with Crippen LogP contribution >= 0.6 is 22.6 Å². The van der Waals surface area contributed by atoms with E-state index in [1.54, 1.807) is 7.11 Å². The molecule has 0 heterocycles. The molecule has 0 aliphatic rings. The molecule has 14 heavy (non-hydrogen) atoms. The van der Waals surface area contributed by atoms with Crippen molar-refractivity contribution in [1.29, 1.82) is 0 Å². The van der Waals surface area contributed by atoms with Crippen LogP contribution in [0, 0.1) is 10.5 Å². The fourth-order valence-corrected chi connectivity index (χ4v) is 2.35. The Morgan fingerprint density at radius 3 is 2.64 bits per heavy atom. The van der Waals surface area contributed by atoms with Gasteiger partial charge in [0.2, 0.25) is 0 Å². The zero-order chi connectivity index (χ0) is 10.7. The molecule has 0 saturated carbocycles. The molecule has 1 rings (SSSR count). The number of rotatable bonds is 3. The molecule has 0 aliphatic carbocycles. The van der Waals surface area contributed by atoms with Crippen LogP contribution in [0.3, 0.4) is 0 Å². The highest BCUT2D eigenvalue weighted by atomic mass is 127. The molecule has 0 radical (unpaired) electrons. The average molecular weight is 306 g/mol. The van der Waals surface area contributed by atoms with Gasteiger partial charge in [-0.25, -0.2) is 0 Å². The minimum atomic E-state index is 0.414. The van der Waals surface area contributed by atoms with Gasteiger partial charge in [0, 0.05) is 5.56 Å². The quantitative estimate of drug-likeness (QED) is 0.869. The lowest BCUT2D eigenvalue weighted by molar-refractivity contribution is 0.406. The molecular formula is C11H15IO2. The van der Waals surface area contributed by atoms with E-state index in [0.29, 0.717) is 5.75 Å².